The molecular formula is C46H64I4N12O3S. The van der Waals surface area contributed by atoms with Crippen molar-refractivity contribution in [3.8, 4) is 12.0 Å². The molecule has 360 valence electrons. The molecule has 4 aromatic heterocycles. The smallest absolute Gasteiger partial charge is 0.322 e. The fraction of sp³-hybridized carbons (Fsp3) is 0.522. The molecule has 0 spiro atoms. The maximum absolute atomic E-state index is 12.2. The summed E-state index contributed by atoms with van der Waals surface area (Å²) in [6, 6.07) is 16.8. The van der Waals surface area contributed by atoms with Crippen LogP contribution in [0.2, 0.25) is 0 Å². The molecule has 1 atom stereocenters. The van der Waals surface area contributed by atoms with Crippen LogP contribution in [0, 0.1) is 3.57 Å². The summed E-state index contributed by atoms with van der Waals surface area (Å²) in [5, 5.41) is 19.2. The zero-order valence-corrected chi connectivity index (χ0v) is 47.5. The molecule has 5 heterocycles. The maximum atomic E-state index is 12.2. The van der Waals surface area contributed by atoms with Gasteiger partial charge in [0.05, 0.1) is 18.1 Å². The van der Waals surface area contributed by atoms with Crippen LogP contribution in [0.4, 0.5) is 17.6 Å². The molecule has 66 heavy (non-hydrogen) atoms. The average Bonchev–Trinajstić information content (AvgIpc) is 3.88. The first-order valence-electron chi connectivity index (χ1n) is 22.0. The second-order valence-corrected chi connectivity index (χ2v) is 33.5. The third kappa shape index (κ3) is 16.6. The Labute approximate surface area is 445 Å². The molecule has 1 aliphatic heterocycles. The average molecular weight is 1370 g/mol. The number of rotatable bonds is 13. The highest BCUT2D eigenvalue weighted by Gasteiger charge is 2.22. The zero-order chi connectivity index (χ0) is 46.7. The van der Waals surface area contributed by atoms with Crippen molar-refractivity contribution in [3.05, 3.63) is 86.7 Å². The van der Waals surface area contributed by atoms with Crippen molar-refractivity contribution >= 4 is 129 Å². The summed E-state index contributed by atoms with van der Waals surface area (Å²) in [4.78, 5) is 18.7. The van der Waals surface area contributed by atoms with E-state index in [4.69, 9.17) is 14.5 Å². The van der Waals surface area contributed by atoms with Gasteiger partial charge in [-0.15, -0.1) is 0 Å². The van der Waals surface area contributed by atoms with E-state index in [0.717, 1.165) is 66.8 Å². The summed E-state index contributed by atoms with van der Waals surface area (Å²) >= 11 is 9.41. The van der Waals surface area contributed by atoms with Gasteiger partial charge >= 0.3 is 12.0 Å². The van der Waals surface area contributed by atoms with E-state index < -0.39 is 9.73 Å². The van der Waals surface area contributed by atoms with Gasteiger partial charge in [0, 0.05) is 56.6 Å². The number of aromatic nitrogens is 8. The number of ether oxygens (including phenoxy) is 2. The van der Waals surface area contributed by atoms with Crippen molar-refractivity contribution in [2.24, 2.45) is 4.36 Å². The number of hydrogen-bond acceptors (Lipinski definition) is 13. The monoisotopic (exact) mass is 1370 g/mol. The van der Waals surface area contributed by atoms with Gasteiger partial charge in [0.1, 0.15) is 11.6 Å². The zero-order valence-electron chi connectivity index (χ0n) is 38.0. The Morgan fingerprint density at radius 3 is 1.74 bits per heavy atom. The number of alkyl halides is 3. The number of nitrogens with one attached hydrogen (secondary N) is 3. The van der Waals surface area contributed by atoms with E-state index in [9.17, 15) is 4.21 Å². The molecule has 1 aliphatic carbocycles. The van der Waals surface area contributed by atoms with Gasteiger partial charge in [-0.3, -0.25) is 0 Å². The van der Waals surface area contributed by atoms with E-state index in [0.29, 0.717) is 48.0 Å². The lowest BCUT2D eigenvalue weighted by atomic mass is 9.98. The van der Waals surface area contributed by atoms with Crippen LogP contribution >= 0.6 is 90.4 Å². The van der Waals surface area contributed by atoms with Crippen molar-refractivity contribution in [3.63, 3.8) is 0 Å². The van der Waals surface area contributed by atoms with Gasteiger partial charge in [-0.25, -0.2) is 4.21 Å². The van der Waals surface area contributed by atoms with Gasteiger partial charge in [0.15, 0.2) is 11.3 Å². The minimum Gasteiger partial charge on any atom is -0.460 e. The molecule has 2 aliphatic rings. The molecule has 15 nitrogen and oxygen atoms in total. The van der Waals surface area contributed by atoms with E-state index in [1.165, 1.54) is 28.4 Å². The summed E-state index contributed by atoms with van der Waals surface area (Å²) in [6.07, 6.45) is 15.2. The second kappa shape index (κ2) is 25.4. The largest absolute Gasteiger partial charge is 0.460 e. The quantitative estimate of drug-likeness (QED) is 0.0740. The lowest BCUT2D eigenvalue weighted by Crippen LogP contribution is -2.37. The topological polar surface area (TPSA) is 170 Å². The first-order valence-corrected chi connectivity index (χ1v) is 28.6. The Morgan fingerprint density at radius 2 is 1.24 bits per heavy atom. The van der Waals surface area contributed by atoms with Gasteiger partial charge in [-0.05, 0) is 110 Å². The number of fused-ring (bicyclic) bond motifs is 2. The van der Waals surface area contributed by atoms with E-state index >= 15 is 0 Å². The highest BCUT2D eigenvalue weighted by Crippen LogP contribution is 2.34. The SMILES string of the molecule is C.CC(C)c1cnn2c(NCc3ccccc3I)nc(OC3CCCCC3)nc12.CC(C)c1cnn2c(NCc3ccccc3N=S(C)(C)=O)nc(O[C@@H]3CCCNC3)nc12.CC(I)(I)I. The first kappa shape index (κ1) is 54.5. The summed E-state index contributed by atoms with van der Waals surface area (Å²) < 4.78 is 34.0. The normalized spacial score (nSPS) is 15.6. The Kier molecular flexibility index (Phi) is 21.0. The van der Waals surface area contributed by atoms with Gasteiger partial charge in [-0.1, -0.05) is 146 Å². The predicted octanol–water partition coefficient (Wildman–Crippen LogP) is 12.1. The summed E-state index contributed by atoms with van der Waals surface area (Å²) in [5.41, 5.74) is 6.54. The molecular weight excluding hydrogens is 1310 g/mol. The molecule has 20 heteroatoms. The maximum Gasteiger partial charge on any atom is 0.322 e. The second-order valence-electron chi connectivity index (χ2n) is 17.1. The molecule has 0 radical (unpaired) electrons. The summed E-state index contributed by atoms with van der Waals surface area (Å²) in [6.45, 7) is 13.6. The number of hydrogen-bond donors (Lipinski definition) is 3. The Balaban J connectivity index is 0.000000223. The van der Waals surface area contributed by atoms with Gasteiger partial charge < -0.3 is 25.4 Å². The van der Waals surface area contributed by atoms with Crippen molar-refractivity contribution in [2.45, 2.75) is 124 Å². The standard InChI is InChI=1S/C22H31N7O2S.C21H26IN5O.C2H3I3.CH4/c1-15(2)18-14-25-29-20(18)26-22(31-17-9-7-11-23-13-17)27-21(29)24-12-16-8-5-6-10-19(16)28-32(3,4)30;1-14(2)17-13-24-27-19(17)25-21(28-16-9-4-3-5-10-16)26-20(27)23-12-15-8-6-7-11-18(15)22;1-2(3,4)5;/h5-6,8,10,14-15,17,23H,7,9,11-13H2,1-4H3,(H,24,26,27);6-8,11,13-14,16H,3-5,9-10,12H2,1-2H3,(H,23,25,26);1H3;1H4/t17-;;;/m1.../s1. The van der Waals surface area contributed by atoms with Gasteiger partial charge in [0.25, 0.3) is 0 Å². The molecule has 6 aromatic rings. The molecule has 0 amide bonds. The van der Waals surface area contributed by atoms with Gasteiger partial charge in [0.2, 0.25) is 11.9 Å². The third-order valence-electron chi connectivity index (χ3n) is 10.5. The number of benzene rings is 2. The number of halogens is 4. The van der Waals surface area contributed by atoms with Crippen LogP contribution in [0.15, 0.2) is 65.3 Å². The van der Waals surface area contributed by atoms with Gasteiger partial charge in [-0.2, -0.15) is 43.5 Å². The van der Waals surface area contributed by atoms with E-state index in [-0.39, 0.29) is 25.6 Å². The van der Waals surface area contributed by atoms with Crippen LogP contribution in [0.3, 0.4) is 0 Å². The molecule has 8 rings (SSSR count). The van der Waals surface area contributed by atoms with Crippen molar-refractivity contribution in [2.75, 3.05) is 36.2 Å². The summed E-state index contributed by atoms with van der Waals surface area (Å²) in [7, 11) is -2.27. The van der Waals surface area contributed by atoms with E-state index in [2.05, 4.69) is 189 Å². The van der Waals surface area contributed by atoms with Crippen LogP contribution in [0.25, 0.3) is 11.3 Å². The molecule has 0 unspecified atom stereocenters. The Hall–Kier alpha value is -2.43. The number of nitrogens with zero attached hydrogens (tertiary/aromatic N) is 9. The molecule has 1 saturated heterocycles. The number of anilines is 2. The van der Waals surface area contributed by atoms with Crippen molar-refractivity contribution in [1.82, 2.24) is 44.5 Å². The molecule has 0 bridgehead atoms. The summed E-state index contributed by atoms with van der Waals surface area (Å²) in [5.74, 6) is 1.81. The van der Waals surface area contributed by atoms with Crippen molar-refractivity contribution in [1.29, 1.82) is 0 Å². The van der Waals surface area contributed by atoms with Crippen LogP contribution in [-0.2, 0) is 22.8 Å². The highest BCUT2D eigenvalue weighted by molar-refractivity contribution is 14.3. The van der Waals surface area contributed by atoms with Crippen LogP contribution in [0.1, 0.15) is 121 Å². The highest BCUT2D eigenvalue weighted by atomic mass is 127. The first-order chi connectivity index (χ1) is 30.9. The molecule has 2 aromatic carbocycles. The molecule has 1 saturated carbocycles. The van der Waals surface area contributed by atoms with E-state index in [1.807, 2.05) is 42.7 Å². The fourth-order valence-corrected chi connectivity index (χ4v) is 8.51. The van der Waals surface area contributed by atoms with Crippen LogP contribution in [0.5, 0.6) is 12.0 Å². The van der Waals surface area contributed by atoms with E-state index in [1.54, 1.807) is 21.5 Å². The lowest BCUT2D eigenvalue weighted by molar-refractivity contribution is 0.142. The Morgan fingerprint density at radius 1 is 0.758 bits per heavy atom. The third-order valence-corrected chi connectivity index (χ3v) is 12.2. The lowest BCUT2D eigenvalue weighted by Gasteiger charge is -2.23. The van der Waals surface area contributed by atoms with Crippen LogP contribution < -0.4 is 25.4 Å². The van der Waals surface area contributed by atoms with Crippen molar-refractivity contribution < 1.29 is 13.7 Å². The minimum atomic E-state index is -2.27. The minimum absolute atomic E-state index is 0. The Bertz CT molecular complexity index is 2600. The predicted molar refractivity (Wildman–Crippen MR) is 303 cm³/mol. The molecule has 3 N–H and O–H groups in total. The molecule has 2 fully saturated rings. The number of piperidine rings is 1. The van der Waals surface area contributed by atoms with Crippen LogP contribution in [-0.4, -0.2) is 80.6 Å². The fourth-order valence-electron chi connectivity index (χ4n) is 7.28.